The van der Waals surface area contributed by atoms with Crippen molar-refractivity contribution in [2.75, 3.05) is 19.3 Å². The fourth-order valence-corrected chi connectivity index (χ4v) is 2.45. The number of fused-ring (bicyclic) bond motifs is 1. The number of nitrogens with one attached hydrogen (secondary N) is 2. The van der Waals surface area contributed by atoms with Gasteiger partial charge in [-0.15, -0.1) is 0 Å². The number of rotatable bonds is 6. The lowest BCUT2D eigenvalue weighted by Crippen LogP contribution is -2.30. The van der Waals surface area contributed by atoms with E-state index in [1.807, 2.05) is 31.2 Å². The van der Waals surface area contributed by atoms with E-state index >= 15 is 0 Å². The minimum Gasteiger partial charge on any atom is -0.461 e. The molecule has 0 fully saturated rings. The minimum atomic E-state index is -3.11. The SMILES string of the molecule is Cc1oc2ccccc2c1CNCCNS(C)(=O)=O. The average Bonchev–Trinajstić information content (AvgIpc) is 2.64. The van der Waals surface area contributed by atoms with Gasteiger partial charge < -0.3 is 9.73 Å². The van der Waals surface area contributed by atoms with Gasteiger partial charge in [0.15, 0.2) is 0 Å². The molecule has 0 unspecified atom stereocenters. The van der Waals surface area contributed by atoms with E-state index < -0.39 is 10.0 Å². The molecule has 0 amide bonds. The fourth-order valence-electron chi connectivity index (χ4n) is 1.98. The van der Waals surface area contributed by atoms with Crippen molar-refractivity contribution in [3.63, 3.8) is 0 Å². The summed E-state index contributed by atoms with van der Waals surface area (Å²) in [4.78, 5) is 0. The van der Waals surface area contributed by atoms with Crippen molar-refractivity contribution < 1.29 is 12.8 Å². The molecular weight excluding hydrogens is 264 g/mol. The molecule has 1 heterocycles. The van der Waals surface area contributed by atoms with E-state index in [2.05, 4.69) is 10.0 Å². The molecule has 0 bridgehead atoms. The summed E-state index contributed by atoms with van der Waals surface area (Å²) in [6.07, 6.45) is 1.15. The molecular formula is C13H18N2O3S. The van der Waals surface area contributed by atoms with Crippen molar-refractivity contribution in [2.45, 2.75) is 13.5 Å². The first kappa shape index (κ1) is 14.0. The van der Waals surface area contributed by atoms with Crippen molar-refractivity contribution in [3.05, 3.63) is 35.6 Å². The van der Waals surface area contributed by atoms with Crippen LogP contribution in [0.4, 0.5) is 0 Å². The second kappa shape index (κ2) is 5.73. The normalized spacial score (nSPS) is 12.1. The molecule has 0 atom stereocenters. The van der Waals surface area contributed by atoms with Crippen LogP contribution in [0.2, 0.25) is 0 Å². The summed E-state index contributed by atoms with van der Waals surface area (Å²) in [6.45, 7) is 3.56. The number of hydrogen-bond donors (Lipinski definition) is 2. The first-order valence-corrected chi connectivity index (χ1v) is 7.99. The maximum Gasteiger partial charge on any atom is 0.208 e. The summed E-state index contributed by atoms with van der Waals surface area (Å²) in [7, 11) is -3.11. The number of sulfonamides is 1. The van der Waals surface area contributed by atoms with Crippen LogP contribution >= 0.6 is 0 Å². The third-order valence-electron chi connectivity index (χ3n) is 2.87. The van der Waals surface area contributed by atoms with Gasteiger partial charge in [0.1, 0.15) is 11.3 Å². The van der Waals surface area contributed by atoms with Gasteiger partial charge in [-0.2, -0.15) is 0 Å². The van der Waals surface area contributed by atoms with E-state index in [-0.39, 0.29) is 0 Å². The van der Waals surface area contributed by atoms with E-state index in [0.29, 0.717) is 19.6 Å². The highest BCUT2D eigenvalue weighted by Crippen LogP contribution is 2.24. The van der Waals surface area contributed by atoms with Crippen LogP contribution < -0.4 is 10.0 Å². The van der Waals surface area contributed by atoms with Gasteiger partial charge in [-0.3, -0.25) is 0 Å². The van der Waals surface area contributed by atoms with Gasteiger partial charge in [-0.25, -0.2) is 13.1 Å². The summed E-state index contributed by atoms with van der Waals surface area (Å²) in [5.74, 6) is 0.893. The molecule has 1 aromatic carbocycles. The standard InChI is InChI=1S/C13H18N2O3S/c1-10-12(9-14-7-8-15-19(2,16)17)11-5-3-4-6-13(11)18-10/h3-6,14-15H,7-9H2,1-2H3. The Bertz CT molecular complexity index is 662. The third-order valence-corrected chi connectivity index (χ3v) is 3.60. The highest BCUT2D eigenvalue weighted by molar-refractivity contribution is 7.88. The molecule has 0 saturated carbocycles. The van der Waals surface area contributed by atoms with Crippen LogP contribution in [0.3, 0.4) is 0 Å². The van der Waals surface area contributed by atoms with E-state index in [0.717, 1.165) is 28.5 Å². The molecule has 0 aliphatic carbocycles. The monoisotopic (exact) mass is 282 g/mol. The average molecular weight is 282 g/mol. The molecule has 1 aromatic heterocycles. The summed E-state index contributed by atoms with van der Waals surface area (Å²) in [6, 6.07) is 7.89. The van der Waals surface area contributed by atoms with Crippen molar-refractivity contribution in [3.8, 4) is 0 Å². The summed E-state index contributed by atoms with van der Waals surface area (Å²) < 4.78 is 29.9. The Kier molecular flexibility index (Phi) is 4.24. The third kappa shape index (κ3) is 3.79. The maximum atomic E-state index is 10.9. The quantitative estimate of drug-likeness (QED) is 0.785. The van der Waals surface area contributed by atoms with Gasteiger partial charge in [0, 0.05) is 30.6 Å². The number of aryl methyl sites for hydroxylation is 1. The molecule has 0 radical (unpaired) electrons. The molecule has 0 aliphatic heterocycles. The lowest BCUT2D eigenvalue weighted by molar-refractivity contribution is 0.562. The molecule has 5 nitrogen and oxygen atoms in total. The molecule has 19 heavy (non-hydrogen) atoms. The molecule has 2 N–H and O–H groups in total. The largest absolute Gasteiger partial charge is 0.461 e. The second-order valence-electron chi connectivity index (χ2n) is 4.48. The smallest absolute Gasteiger partial charge is 0.208 e. The summed E-state index contributed by atoms with van der Waals surface area (Å²) in [5, 5.41) is 4.31. The van der Waals surface area contributed by atoms with E-state index in [1.54, 1.807) is 0 Å². The van der Waals surface area contributed by atoms with Gasteiger partial charge in [0.2, 0.25) is 10.0 Å². The van der Waals surface area contributed by atoms with Crippen LogP contribution in [0.5, 0.6) is 0 Å². The molecule has 0 spiro atoms. The molecule has 0 aliphatic rings. The fraction of sp³-hybridized carbons (Fsp3) is 0.385. The van der Waals surface area contributed by atoms with Gasteiger partial charge >= 0.3 is 0 Å². The van der Waals surface area contributed by atoms with E-state index in [4.69, 9.17) is 4.42 Å². The predicted octanol–water partition coefficient (Wildman–Crippen LogP) is 1.38. The van der Waals surface area contributed by atoms with Gasteiger partial charge in [0.05, 0.1) is 6.26 Å². The summed E-state index contributed by atoms with van der Waals surface area (Å²) >= 11 is 0. The highest BCUT2D eigenvalue weighted by Gasteiger charge is 2.09. The molecule has 0 saturated heterocycles. The highest BCUT2D eigenvalue weighted by atomic mass is 32.2. The molecule has 2 aromatic rings. The number of para-hydroxylation sites is 1. The van der Waals surface area contributed by atoms with Gasteiger partial charge in [0.25, 0.3) is 0 Å². The predicted molar refractivity (Wildman–Crippen MR) is 75.5 cm³/mol. The number of furan rings is 1. The number of benzene rings is 1. The number of hydrogen-bond acceptors (Lipinski definition) is 4. The Balaban J connectivity index is 1.93. The summed E-state index contributed by atoms with van der Waals surface area (Å²) in [5.41, 5.74) is 2.00. The second-order valence-corrected chi connectivity index (χ2v) is 6.31. The first-order valence-electron chi connectivity index (χ1n) is 6.10. The van der Waals surface area contributed by atoms with Crippen molar-refractivity contribution in [1.29, 1.82) is 0 Å². The lowest BCUT2D eigenvalue weighted by Gasteiger charge is -2.05. The minimum absolute atomic E-state index is 0.383. The lowest BCUT2D eigenvalue weighted by atomic mass is 10.1. The van der Waals surface area contributed by atoms with Crippen LogP contribution in [0, 0.1) is 6.92 Å². The molecule has 2 rings (SSSR count). The van der Waals surface area contributed by atoms with Gasteiger partial charge in [-0.1, -0.05) is 18.2 Å². The van der Waals surface area contributed by atoms with E-state index in [1.165, 1.54) is 0 Å². The van der Waals surface area contributed by atoms with Crippen LogP contribution in [0.1, 0.15) is 11.3 Å². The van der Waals surface area contributed by atoms with Crippen LogP contribution in [-0.4, -0.2) is 27.8 Å². The van der Waals surface area contributed by atoms with Crippen molar-refractivity contribution in [1.82, 2.24) is 10.0 Å². The Labute approximate surface area is 113 Å². The zero-order valence-corrected chi connectivity index (χ0v) is 11.9. The molecule has 104 valence electrons. The molecule has 6 heteroatoms. The van der Waals surface area contributed by atoms with Crippen LogP contribution in [0.25, 0.3) is 11.0 Å². The Morgan fingerprint density at radius 3 is 2.68 bits per heavy atom. The maximum absolute atomic E-state index is 10.9. The van der Waals surface area contributed by atoms with Crippen molar-refractivity contribution >= 4 is 21.0 Å². The van der Waals surface area contributed by atoms with Crippen molar-refractivity contribution in [2.24, 2.45) is 0 Å². The van der Waals surface area contributed by atoms with Crippen LogP contribution in [-0.2, 0) is 16.6 Å². The zero-order chi connectivity index (χ0) is 13.9. The topological polar surface area (TPSA) is 71.3 Å². The Morgan fingerprint density at radius 1 is 1.21 bits per heavy atom. The zero-order valence-electron chi connectivity index (χ0n) is 11.1. The van der Waals surface area contributed by atoms with Crippen LogP contribution in [0.15, 0.2) is 28.7 Å². The first-order chi connectivity index (χ1) is 8.97. The Hall–Kier alpha value is -1.37. The Morgan fingerprint density at radius 2 is 1.95 bits per heavy atom. The van der Waals surface area contributed by atoms with E-state index in [9.17, 15) is 8.42 Å². The van der Waals surface area contributed by atoms with Gasteiger partial charge in [-0.05, 0) is 13.0 Å².